The Kier molecular flexibility index (Phi) is 3.21. The van der Waals surface area contributed by atoms with Gasteiger partial charge in [-0.15, -0.1) is 0 Å². The number of carbonyl (C=O) groups excluding carboxylic acids is 3. The van der Waals surface area contributed by atoms with Crippen molar-refractivity contribution >= 4 is 18.8 Å². The average molecular weight is 190 g/mol. The molecule has 0 spiro atoms. The quantitative estimate of drug-likeness (QED) is 0.264. The van der Waals surface area contributed by atoms with E-state index in [0.717, 1.165) is 0 Å². The molecule has 0 aromatic carbocycles. The molecule has 0 aromatic heterocycles. The second-order valence-corrected chi connectivity index (χ2v) is 2.08. The predicted octanol–water partition coefficient (Wildman–Crippen LogP) is -0.169. The first-order valence-corrected chi connectivity index (χ1v) is 3.33. The van der Waals surface area contributed by atoms with Crippen LogP contribution in [0, 0.1) is 0 Å². The summed E-state index contributed by atoms with van der Waals surface area (Å²) in [6.45, 7) is 0.388. The molecule has 0 bridgehead atoms. The second kappa shape index (κ2) is 4.41. The highest BCUT2D eigenvalue weighted by Gasteiger charge is 2.25. The highest BCUT2D eigenvalue weighted by Crippen LogP contribution is 2.08. The van der Waals surface area contributed by atoms with Crippen LogP contribution < -0.4 is 0 Å². The van der Waals surface area contributed by atoms with Gasteiger partial charge in [0.15, 0.2) is 0 Å². The first kappa shape index (κ1) is 9.46. The molecule has 7 nitrogen and oxygen atoms in total. The molecule has 0 saturated carbocycles. The zero-order valence-corrected chi connectivity index (χ0v) is 6.43. The molecular formula is C6H6O7. The van der Waals surface area contributed by atoms with E-state index in [-0.39, 0.29) is 19.2 Å². The van der Waals surface area contributed by atoms with E-state index in [1.54, 1.807) is 0 Å². The normalized spacial score (nSPS) is 18.6. The number of ether oxygens (including phenoxy) is 4. The van der Waals surface area contributed by atoms with Crippen molar-refractivity contribution in [2.24, 2.45) is 0 Å². The van der Waals surface area contributed by atoms with Crippen molar-refractivity contribution < 1.29 is 33.3 Å². The van der Waals surface area contributed by atoms with E-state index >= 15 is 0 Å². The Morgan fingerprint density at radius 1 is 1.46 bits per heavy atom. The van der Waals surface area contributed by atoms with Gasteiger partial charge in [0.25, 0.3) is 0 Å². The molecule has 1 unspecified atom stereocenters. The van der Waals surface area contributed by atoms with Gasteiger partial charge in [0.2, 0.25) is 0 Å². The number of hydrogen-bond donors (Lipinski definition) is 0. The Morgan fingerprint density at radius 2 is 2.15 bits per heavy atom. The molecule has 0 aliphatic carbocycles. The Morgan fingerprint density at radius 3 is 2.69 bits per heavy atom. The second-order valence-electron chi connectivity index (χ2n) is 2.08. The maximum absolute atomic E-state index is 10.5. The van der Waals surface area contributed by atoms with Crippen molar-refractivity contribution in [2.75, 3.05) is 13.2 Å². The lowest BCUT2D eigenvalue weighted by molar-refractivity contribution is -0.125. The highest BCUT2D eigenvalue weighted by molar-refractivity contribution is 5.80. The maximum atomic E-state index is 10.5. The first-order valence-electron chi connectivity index (χ1n) is 3.33. The fourth-order valence-corrected chi connectivity index (χ4v) is 0.486. The molecule has 0 N–H and O–H groups in total. The van der Waals surface area contributed by atoms with Gasteiger partial charge in [-0.05, 0) is 0 Å². The number of epoxide rings is 1. The zero-order valence-electron chi connectivity index (χ0n) is 6.43. The molecule has 1 saturated heterocycles. The van der Waals surface area contributed by atoms with Crippen LogP contribution in [0.4, 0.5) is 9.59 Å². The van der Waals surface area contributed by atoms with Crippen molar-refractivity contribution in [3.8, 4) is 0 Å². The van der Waals surface area contributed by atoms with Crippen LogP contribution in [-0.2, 0) is 23.7 Å². The summed E-state index contributed by atoms with van der Waals surface area (Å²) in [6, 6.07) is 0. The third kappa shape index (κ3) is 4.06. The summed E-state index contributed by atoms with van der Waals surface area (Å²) >= 11 is 0. The van der Waals surface area contributed by atoms with E-state index < -0.39 is 12.3 Å². The summed E-state index contributed by atoms with van der Waals surface area (Å²) in [6.07, 6.45) is -2.76. The van der Waals surface area contributed by atoms with E-state index in [4.69, 9.17) is 4.74 Å². The van der Waals surface area contributed by atoms with Gasteiger partial charge in [0.1, 0.15) is 12.7 Å². The van der Waals surface area contributed by atoms with Crippen LogP contribution >= 0.6 is 0 Å². The van der Waals surface area contributed by atoms with Crippen molar-refractivity contribution in [2.45, 2.75) is 6.10 Å². The average Bonchev–Trinajstić information content (AvgIpc) is 2.84. The molecule has 7 heteroatoms. The topological polar surface area (TPSA) is 91.4 Å². The number of rotatable bonds is 3. The van der Waals surface area contributed by atoms with E-state index in [1.807, 2.05) is 0 Å². The molecule has 0 amide bonds. The molecule has 1 heterocycles. The van der Waals surface area contributed by atoms with Crippen molar-refractivity contribution in [3.05, 3.63) is 0 Å². The smallest absolute Gasteiger partial charge is 0.431 e. The van der Waals surface area contributed by atoms with Crippen LogP contribution in [0.15, 0.2) is 0 Å². The van der Waals surface area contributed by atoms with E-state index in [1.165, 1.54) is 0 Å². The minimum absolute atomic E-state index is 0.0210. The van der Waals surface area contributed by atoms with Crippen LogP contribution in [0.25, 0.3) is 0 Å². The third-order valence-electron chi connectivity index (χ3n) is 1.10. The Hall–Kier alpha value is -1.63. The fraction of sp³-hybridized carbons (Fsp3) is 0.500. The minimum Gasteiger partial charge on any atom is -0.431 e. The van der Waals surface area contributed by atoms with Gasteiger partial charge in [0.05, 0.1) is 6.61 Å². The third-order valence-corrected chi connectivity index (χ3v) is 1.10. The summed E-state index contributed by atoms with van der Waals surface area (Å²) in [7, 11) is 0. The summed E-state index contributed by atoms with van der Waals surface area (Å²) in [5, 5.41) is 0. The fourth-order valence-electron chi connectivity index (χ4n) is 0.486. The molecular weight excluding hydrogens is 184 g/mol. The van der Waals surface area contributed by atoms with Gasteiger partial charge in [-0.25, -0.2) is 9.59 Å². The van der Waals surface area contributed by atoms with Gasteiger partial charge in [0, 0.05) is 0 Å². The lowest BCUT2D eigenvalue weighted by atomic mass is 10.5. The van der Waals surface area contributed by atoms with Crippen LogP contribution in [0.5, 0.6) is 0 Å². The molecule has 1 rings (SSSR count). The highest BCUT2D eigenvalue weighted by atomic mass is 16.8. The van der Waals surface area contributed by atoms with Crippen molar-refractivity contribution in [1.82, 2.24) is 0 Å². The Balaban J connectivity index is 2.08. The standard InChI is InChI=1S/C6H6O7/c7-3-12-6(9)13-5(8)11-2-4-1-10-4/h3-4H,1-2H2. The number of hydrogen-bond acceptors (Lipinski definition) is 7. The first-order chi connectivity index (χ1) is 6.22. The zero-order chi connectivity index (χ0) is 9.68. The van der Waals surface area contributed by atoms with Crippen molar-refractivity contribution in [1.29, 1.82) is 0 Å². The van der Waals surface area contributed by atoms with Crippen LogP contribution in [0.3, 0.4) is 0 Å². The van der Waals surface area contributed by atoms with Gasteiger partial charge >= 0.3 is 18.8 Å². The molecule has 1 aliphatic heterocycles. The molecule has 1 fully saturated rings. The maximum Gasteiger partial charge on any atom is 0.526 e. The van der Waals surface area contributed by atoms with E-state index in [2.05, 4.69) is 14.2 Å². The molecule has 0 radical (unpaired) electrons. The summed E-state index contributed by atoms with van der Waals surface area (Å²) in [5.74, 6) is 0. The summed E-state index contributed by atoms with van der Waals surface area (Å²) in [5.41, 5.74) is 0. The van der Waals surface area contributed by atoms with Gasteiger partial charge in [-0.1, -0.05) is 0 Å². The Bertz CT molecular complexity index is 219. The van der Waals surface area contributed by atoms with E-state index in [0.29, 0.717) is 6.61 Å². The largest absolute Gasteiger partial charge is 0.526 e. The van der Waals surface area contributed by atoms with Crippen LogP contribution in [0.2, 0.25) is 0 Å². The molecule has 1 aliphatic rings. The summed E-state index contributed by atoms with van der Waals surface area (Å²) < 4.78 is 16.6. The minimum atomic E-state index is -1.42. The van der Waals surface area contributed by atoms with Crippen LogP contribution in [0.1, 0.15) is 0 Å². The van der Waals surface area contributed by atoms with E-state index in [9.17, 15) is 14.4 Å². The summed E-state index contributed by atoms with van der Waals surface area (Å²) in [4.78, 5) is 30.4. The van der Waals surface area contributed by atoms with Crippen molar-refractivity contribution in [3.63, 3.8) is 0 Å². The van der Waals surface area contributed by atoms with Crippen LogP contribution in [-0.4, -0.2) is 38.1 Å². The van der Waals surface area contributed by atoms with Gasteiger partial charge in [-0.3, -0.25) is 4.79 Å². The number of carbonyl (C=O) groups is 3. The van der Waals surface area contributed by atoms with Gasteiger partial charge in [-0.2, -0.15) is 0 Å². The van der Waals surface area contributed by atoms with Gasteiger partial charge < -0.3 is 18.9 Å². The molecule has 1 atom stereocenters. The lowest BCUT2D eigenvalue weighted by Gasteiger charge is -2.00. The lowest BCUT2D eigenvalue weighted by Crippen LogP contribution is -2.16. The predicted molar refractivity (Wildman–Crippen MR) is 34.7 cm³/mol. The monoisotopic (exact) mass is 190 g/mol. The SMILES string of the molecule is O=COC(=O)OC(=O)OCC1CO1. The molecule has 72 valence electrons. The molecule has 0 aromatic rings. The molecule has 13 heavy (non-hydrogen) atoms. The Labute approximate surface area is 72.5 Å².